The summed E-state index contributed by atoms with van der Waals surface area (Å²) >= 11 is 12.4. The number of aryl methyl sites for hydroxylation is 2. The molecule has 1 N–H and O–H groups in total. The molecule has 1 aliphatic carbocycles. The molecule has 0 aliphatic heterocycles. The molecule has 2 aromatic rings. The Kier molecular flexibility index (Phi) is 8.01. The molecule has 0 bridgehead atoms. The summed E-state index contributed by atoms with van der Waals surface area (Å²) in [5.74, 6) is -0.228. The molecule has 1 saturated carbocycles. The Hall–Kier alpha value is -2.04. The standard InChI is InChI=1S/C25H30Cl2N2O2/c1-16-8-9-19(12-17(16)2)13-24(30)29(15-20-10-11-21(26)14-23(20)27)18(3)25(31)28-22-6-4-5-7-22/h8-12,14,18,22H,4-7,13,15H2,1-3H3,(H,28,31)/t18-/m1/s1. The van der Waals surface area contributed by atoms with Crippen LogP contribution in [0.15, 0.2) is 36.4 Å². The fourth-order valence-electron chi connectivity index (χ4n) is 4.00. The van der Waals surface area contributed by atoms with Crippen molar-refractivity contribution < 1.29 is 9.59 Å². The lowest BCUT2D eigenvalue weighted by Gasteiger charge is -2.30. The second-order valence-corrected chi connectivity index (χ2v) is 9.36. The summed E-state index contributed by atoms with van der Waals surface area (Å²) in [6, 6.07) is 10.8. The van der Waals surface area contributed by atoms with E-state index in [1.807, 2.05) is 38.1 Å². The first kappa shape index (κ1) is 23.6. The molecule has 0 aromatic heterocycles. The Morgan fingerprint density at radius 2 is 1.77 bits per heavy atom. The van der Waals surface area contributed by atoms with Crippen LogP contribution in [0.3, 0.4) is 0 Å². The maximum absolute atomic E-state index is 13.4. The lowest BCUT2D eigenvalue weighted by molar-refractivity contribution is -0.140. The highest BCUT2D eigenvalue weighted by atomic mass is 35.5. The van der Waals surface area contributed by atoms with E-state index in [0.717, 1.165) is 42.4 Å². The number of carbonyl (C=O) groups excluding carboxylic acids is 2. The van der Waals surface area contributed by atoms with Crippen LogP contribution in [0.4, 0.5) is 0 Å². The van der Waals surface area contributed by atoms with E-state index in [-0.39, 0.29) is 30.8 Å². The maximum Gasteiger partial charge on any atom is 0.242 e. The molecule has 0 radical (unpaired) electrons. The van der Waals surface area contributed by atoms with Crippen LogP contribution in [0.1, 0.15) is 54.9 Å². The molecule has 3 rings (SSSR count). The van der Waals surface area contributed by atoms with Gasteiger partial charge in [0.15, 0.2) is 0 Å². The van der Waals surface area contributed by atoms with E-state index < -0.39 is 6.04 Å². The zero-order valence-corrected chi connectivity index (χ0v) is 19.9. The first-order valence-corrected chi connectivity index (χ1v) is 11.6. The van der Waals surface area contributed by atoms with E-state index in [4.69, 9.17) is 23.2 Å². The third kappa shape index (κ3) is 6.24. The number of benzene rings is 2. The third-order valence-electron chi connectivity index (χ3n) is 6.15. The van der Waals surface area contributed by atoms with Crippen LogP contribution in [0.2, 0.25) is 10.0 Å². The Morgan fingerprint density at radius 1 is 1.06 bits per heavy atom. The van der Waals surface area contributed by atoms with Gasteiger partial charge in [0, 0.05) is 22.6 Å². The summed E-state index contributed by atoms with van der Waals surface area (Å²) in [6.45, 7) is 6.11. The van der Waals surface area contributed by atoms with Crippen LogP contribution >= 0.6 is 23.2 Å². The lowest BCUT2D eigenvalue weighted by Crippen LogP contribution is -2.50. The number of nitrogens with zero attached hydrogens (tertiary/aromatic N) is 1. The number of carbonyl (C=O) groups is 2. The summed E-state index contributed by atoms with van der Waals surface area (Å²) in [6.07, 6.45) is 4.49. The Labute approximate surface area is 194 Å². The van der Waals surface area contributed by atoms with Gasteiger partial charge in [-0.15, -0.1) is 0 Å². The van der Waals surface area contributed by atoms with E-state index in [1.54, 1.807) is 24.0 Å². The third-order valence-corrected chi connectivity index (χ3v) is 6.74. The van der Waals surface area contributed by atoms with Crippen LogP contribution in [0.5, 0.6) is 0 Å². The van der Waals surface area contributed by atoms with Gasteiger partial charge in [0.25, 0.3) is 0 Å². The Bertz CT molecular complexity index is 955. The molecule has 1 fully saturated rings. The minimum Gasteiger partial charge on any atom is -0.352 e. The molecule has 1 atom stereocenters. The molecule has 31 heavy (non-hydrogen) atoms. The van der Waals surface area contributed by atoms with Gasteiger partial charge in [0.1, 0.15) is 6.04 Å². The van der Waals surface area contributed by atoms with Crippen molar-refractivity contribution in [3.63, 3.8) is 0 Å². The quantitative estimate of drug-likeness (QED) is 0.581. The molecule has 166 valence electrons. The zero-order chi connectivity index (χ0) is 22.5. The zero-order valence-electron chi connectivity index (χ0n) is 18.4. The predicted octanol–water partition coefficient (Wildman–Crippen LogP) is 5.63. The second kappa shape index (κ2) is 10.5. The fraction of sp³-hybridized carbons (Fsp3) is 0.440. The molecular weight excluding hydrogens is 431 g/mol. The van der Waals surface area contributed by atoms with Gasteiger partial charge < -0.3 is 10.2 Å². The topological polar surface area (TPSA) is 49.4 Å². The van der Waals surface area contributed by atoms with Crippen molar-refractivity contribution in [2.45, 2.75) is 71.5 Å². The van der Waals surface area contributed by atoms with Crippen molar-refractivity contribution in [2.24, 2.45) is 0 Å². The van der Waals surface area contributed by atoms with E-state index in [1.165, 1.54) is 5.56 Å². The van der Waals surface area contributed by atoms with Gasteiger partial charge in [-0.2, -0.15) is 0 Å². The van der Waals surface area contributed by atoms with Gasteiger partial charge >= 0.3 is 0 Å². The number of hydrogen-bond acceptors (Lipinski definition) is 2. The van der Waals surface area contributed by atoms with Crippen LogP contribution in [0.25, 0.3) is 0 Å². The van der Waals surface area contributed by atoms with Crippen molar-refractivity contribution in [2.75, 3.05) is 0 Å². The number of rotatable bonds is 7. The number of amides is 2. The van der Waals surface area contributed by atoms with Crippen molar-refractivity contribution in [3.8, 4) is 0 Å². The smallest absolute Gasteiger partial charge is 0.242 e. The average molecular weight is 461 g/mol. The van der Waals surface area contributed by atoms with Crippen molar-refractivity contribution in [3.05, 3.63) is 68.7 Å². The Morgan fingerprint density at radius 3 is 2.42 bits per heavy atom. The van der Waals surface area contributed by atoms with Crippen LogP contribution in [-0.2, 0) is 22.6 Å². The van der Waals surface area contributed by atoms with E-state index in [9.17, 15) is 9.59 Å². The highest BCUT2D eigenvalue weighted by molar-refractivity contribution is 6.35. The number of nitrogens with one attached hydrogen (secondary N) is 1. The minimum absolute atomic E-state index is 0.108. The summed E-state index contributed by atoms with van der Waals surface area (Å²) in [5.41, 5.74) is 4.03. The Balaban J connectivity index is 1.81. The average Bonchev–Trinajstić information content (AvgIpc) is 3.22. The minimum atomic E-state index is -0.605. The van der Waals surface area contributed by atoms with Crippen molar-refractivity contribution in [1.82, 2.24) is 10.2 Å². The molecule has 2 amide bonds. The van der Waals surface area contributed by atoms with Gasteiger partial charge in [-0.05, 0) is 68.0 Å². The maximum atomic E-state index is 13.4. The molecule has 2 aromatic carbocycles. The molecule has 1 aliphatic rings. The number of hydrogen-bond donors (Lipinski definition) is 1. The van der Waals surface area contributed by atoms with Crippen molar-refractivity contribution >= 4 is 35.0 Å². The molecule has 0 spiro atoms. The van der Waals surface area contributed by atoms with Crippen molar-refractivity contribution in [1.29, 1.82) is 0 Å². The monoisotopic (exact) mass is 460 g/mol. The highest BCUT2D eigenvalue weighted by Gasteiger charge is 2.29. The predicted molar refractivity (Wildman–Crippen MR) is 126 cm³/mol. The molecule has 0 saturated heterocycles. The molecule has 0 unspecified atom stereocenters. The van der Waals surface area contributed by atoms with E-state index in [2.05, 4.69) is 5.32 Å². The summed E-state index contributed by atoms with van der Waals surface area (Å²) in [4.78, 5) is 27.9. The molecular formula is C25H30Cl2N2O2. The van der Waals surface area contributed by atoms with Gasteiger partial charge in [0.2, 0.25) is 11.8 Å². The normalized spacial score (nSPS) is 15.0. The largest absolute Gasteiger partial charge is 0.352 e. The SMILES string of the molecule is Cc1ccc(CC(=O)N(Cc2ccc(Cl)cc2Cl)[C@H](C)C(=O)NC2CCCC2)cc1C. The van der Waals surface area contributed by atoms with Gasteiger partial charge in [-0.1, -0.05) is 60.3 Å². The number of halogens is 2. The second-order valence-electron chi connectivity index (χ2n) is 8.52. The van der Waals surface area contributed by atoms with E-state index in [0.29, 0.717) is 10.0 Å². The molecule has 0 heterocycles. The van der Waals surface area contributed by atoms with Crippen LogP contribution in [-0.4, -0.2) is 28.8 Å². The molecule has 6 heteroatoms. The summed E-state index contributed by atoms with van der Waals surface area (Å²) < 4.78 is 0. The van der Waals surface area contributed by atoms with Gasteiger partial charge in [-0.3, -0.25) is 9.59 Å². The van der Waals surface area contributed by atoms with Gasteiger partial charge in [0.05, 0.1) is 6.42 Å². The van der Waals surface area contributed by atoms with E-state index >= 15 is 0 Å². The first-order valence-electron chi connectivity index (χ1n) is 10.8. The highest BCUT2D eigenvalue weighted by Crippen LogP contribution is 2.24. The first-order chi connectivity index (χ1) is 14.7. The summed E-state index contributed by atoms with van der Waals surface area (Å²) in [7, 11) is 0. The van der Waals surface area contributed by atoms with Gasteiger partial charge in [-0.25, -0.2) is 0 Å². The molecule has 4 nitrogen and oxygen atoms in total. The summed E-state index contributed by atoms with van der Waals surface area (Å²) in [5, 5.41) is 4.14. The van der Waals surface area contributed by atoms with Crippen LogP contribution < -0.4 is 5.32 Å². The fourth-order valence-corrected chi connectivity index (χ4v) is 4.47. The lowest BCUT2D eigenvalue weighted by atomic mass is 10.0. The van der Waals surface area contributed by atoms with Crippen LogP contribution in [0, 0.1) is 13.8 Å².